The summed E-state index contributed by atoms with van der Waals surface area (Å²) in [7, 11) is 0. The number of carbonyl (C=O) groups excluding carboxylic acids is 1. The van der Waals surface area contributed by atoms with Crippen LogP contribution < -0.4 is 14.8 Å². The van der Waals surface area contributed by atoms with E-state index in [0.29, 0.717) is 46.0 Å². The lowest BCUT2D eigenvalue weighted by Gasteiger charge is -2.11. The zero-order chi connectivity index (χ0) is 15.5. The molecule has 2 aromatic rings. The van der Waals surface area contributed by atoms with Crippen LogP contribution in [0.25, 0.3) is 0 Å². The van der Waals surface area contributed by atoms with E-state index in [1.165, 1.54) is 6.07 Å². The third kappa shape index (κ3) is 3.29. The number of benzene rings is 2. The third-order valence-electron chi connectivity index (χ3n) is 3.18. The van der Waals surface area contributed by atoms with Gasteiger partial charge in [-0.25, -0.2) is 0 Å². The van der Waals surface area contributed by atoms with Gasteiger partial charge >= 0.3 is 0 Å². The molecule has 1 N–H and O–H groups in total. The maximum atomic E-state index is 12.3. The molecule has 6 heteroatoms. The molecule has 0 spiro atoms. The van der Waals surface area contributed by atoms with Crippen molar-refractivity contribution < 1.29 is 14.3 Å². The Morgan fingerprint density at radius 3 is 2.59 bits per heavy atom. The molecule has 1 aliphatic rings. The maximum Gasteiger partial charge on any atom is 0.257 e. The smallest absolute Gasteiger partial charge is 0.257 e. The minimum atomic E-state index is -0.331. The molecule has 0 atom stereocenters. The lowest BCUT2D eigenvalue weighted by atomic mass is 10.2. The van der Waals surface area contributed by atoms with E-state index < -0.39 is 0 Å². The number of hydrogen-bond acceptors (Lipinski definition) is 3. The van der Waals surface area contributed by atoms with Gasteiger partial charge in [0.25, 0.3) is 5.91 Å². The Labute approximate surface area is 137 Å². The van der Waals surface area contributed by atoms with E-state index in [1.807, 2.05) is 0 Å². The molecule has 1 amide bonds. The Morgan fingerprint density at radius 1 is 1.00 bits per heavy atom. The Bertz CT molecular complexity index is 719. The van der Waals surface area contributed by atoms with Gasteiger partial charge in [0.15, 0.2) is 11.5 Å². The normalized spacial score (nSPS) is 13.4. The molecule has 3 rings (SSSR count). The topological polar surface area (TPSA) is 47.6 Å². The second-order valence-corrected chi connectivity index (χ2v) is 5.63. The van der Waals surface area contributed by atoms with Crippen molar-refractivity contribution in [3.8, 4) is 11.5 Å². The first-order valence-electron chi connectivity index (χ1n) is 6.79. The van der Waals surface area contributed by atoms with Crippen LogP contribution >= 0.6 is 23.2 Å². The minimum absolute atomic E-state index is 0.321. The fourth-order valence-corrected chi connectivity index (χ4v) is 2.49. The number of nitrogens with one attached hydrogen (secondary N) is 1. The third-order valence-corrected chi connectivity index (χ3v) is 3.74. The van der Waals surface area contributed by atoms with E-state index in [9.17, 15) is 4.79 Å². The first-order chi connectivity index (χ1) is 10.6. The Kier molecular flexibility index (Phi) is 4.41. The quantitative estimate of drug-likeness (QED) is 0.882. The average molecular weight is 338 g/mol. The number of amides is 1. The van der Waals surface area contributed by atoms with E-state index in [0.717, 1.165) is 6.42 Å². The van der Waals surface area contributed by atoms with Crippen LogP contribution in [0, 0.1) is 0 Å². The number of halogens is 2. The van der Waals surface area contributed by atoms with E-state index in [1.54, 1.807) is 30.3 Å². The van der Waals surface area contributed by atoms with Crippen LogP contribution in [0.5, 0.6) is 11.5 Å². The molecule has 22 heavy (non-hydrogen) atoms. The summed E-state index contributed by atoms with van der Waals surface area (Å²) in [5, 5.41) is 3.58. The van der Waals surface area contributed by atoms with E-state index >= 15 is 0 Å². The first kappa shape index (κ1) is 15.0. The van der Waals surface area contributed by atoms with Gasteiger partial charge in [0.1, 0.15) is 0 Å². The van der Waals surface area contributed by atoms with Gasteiger partial charge in [-0.15, -0.1) is 0 Å². The fourth-order valence-electron chi connectivity index (χ4n) is 2.11. The summed E-state index contributed by atoms with van der Waals surface area (Å²) in [5.41, 5.74) is 0.923. The fraction of sp³-hybridized carbons (Fsp3) is 0.188. The van der Waals surface area contributed by atoms with Crippen molar-refractivity contribution in [1.29, 1.82) is 0 Å². The molecule has 0 aromatic heterocycles. The van der Waals surface area contributed by atoms with Crippen LogP contribution in [0.4, 0.5) is 5.69 Å². The summed E-state index contributed by atoms with van der Waals surface area (Å²) in [6, 6.07) is 10.0. The van der Waals surface area contributed by atoms with Gasteiger partial charge in [0.2, 0.25) is 0 Å². The van der Waals surface area contributed by atoms with Gasteiger partial charge < -0.3 is 14.8 Å². The molecule has 0 bridgehead atoms. The molecule has 4 nitrogen and oxygen atoms in total. The highest BCUT2D eigenvalue weighted by Gasteiger charge is 2.14. The molecule has 2 aromatic carbocycles. The molecule has 0 saturated carbocycles. The number of fused-ring (bicyclic) bond motifs is 1. The Balaban J connectivity index is 1.82. The lowest BCUT2D eigenvalue weighted by molar-refractivity contribution is 0.102. The zero-order valence-electron chi connectivity index (χ0n) is 11.6. The van der Waals surface area contributed by atoms with Gasteiger partial charge in [0, 0.05) is 23.2 Å². The van der Waals surface area contributed by atoms with Crippen LogP contribution in [0.15, 0.2) is 36.4 Å². The van der Waals surface area contributed by atoms with Gasteiger partial charge in [0.05, 0.1) is 23.8 Å². The predicted octanol–water partition coefficient (Wildman–Crippen LogP) is 4.41. The molecule has 1 heterocycles. The number of hydrogen-bond donors (Lipinski definition) is 1. The zero-order valence-corrected chi connectivity index (χ0v) is 13.1. The SMILES string of the molecule is O=C(Nc1ccc2c(c1)OCCCO2)c1cc(Cl)ccc1Cl. The standard InChI is InChI=1S/C16H13Cl2NO3/c17-10-2-4-13(18)12(8-10)16(20)19-11-3-5-14-15(9-11)22-7-1-6-21-14/h2-5,8-9H,1,6-7H2,(H,19,20). The number of carbonyl (C=O) groups is 1. The van der Waals surface area contributed by atoms with E-state index in [2.05, 4.69) is 5.32 Å². The van der Waals surface area contributed by atoms with E-state index in [4.69, 9.17) is 32.7 Å². The molecule has 0 radical (unpaired) electrons. The summed E-state index contributed by atoms with van der Waals surface area (Å²) in [4.78, 5) is 12.3. The molecule has 0 saturated heterocycles. The van der Waals surface area contributed by atoms with Crippen LogP contribution in [-0.4, -0.2) is 19.1 Å². The highest BCUT2D eigenvalue weighted by molar-refractivity contribution is 6.36. The van der Waals surface area contributed by atoms with E-state index in [-0.39, 0.29) is 5.91 Å². The van der Waals surface area contributed by atoms with Gasteiger partial charge in [-0.1, -0.05) is 23.2 Å². The summed E-state index contributed by atoms with van der Waals surface area (Å²) in [5.74, 6) is 0.964. The van der Waals surface area contributed by atoms with Crippen LogP contribution in [0.2, 0.25) is 10.0 Å². The van der Waals surface area contributed by atoms with Crippen molar-refractivity contribution >= 4 is 34.8 Å². The minimum Gasteiger partial charge on any atom is -0.490 e. The second kappa shape index (κ2) is 6.46. The highest BCUT2D eigenvalue weighted by Crippen LogP contribution is 2.32. The predicted molar refractivity (Wildman–Crippen MR) is 86.5 cm³/mol. The molecule has 0 fully saturated rings. The molecular formula is C16H13Cl2NO3. The number of anilines is 1. The molecule has 0 aliphatic carbocycles. The summed E-state index contributed by atoms with van der Waals surface area (Å²) >= 11 is 11.9. The second-order valence-electron chi connectivity index (χ2n) is 4.79. The largest absolute Gasteiger partial charge is 0.490 e. The van der Waals surface area contributed by atoms with Crippen molar-refractivity contribution in [1.82, 2.24) is 0 Å². The van der Waals surface area contributed by atoms with Gasteiger partial charge in [-0.2, -0.15) is 0 Å². The van der Waals surface area contributed by atoms with Crippen molar-refractivity contribution in [3.63, 3.8) is 0 Å². The van der Waals surface area contributed by atoms with Crippen molar-refractivity contribution in [2.24, 2.45) is 0 Å². The van der Waals surface area contributed by atoms with Crippen molar-refractivity contribution in [3.05, 3.63) is 52.0 Å². The van der Waals surface area contributed by atoms with Gasteiger partial charge in [-0.3, -0.25) is 4.79 Å². The summed E-state index contributed by atoms with van der Waals surface area (Å²) < 4.78 is 11.1. The Morgan fingerprint density at radius 2 is 1.77 bits per heavy atom. The summed E-state index contributed by atoms with van der Waals surface area (Å²) in [6.45, 7) is 1.21. The monoisotopic (exact) mass is 337 g/mol. The van der Waals surface area contributed by atoms with Crippen LogP contribution in [0.3, 0.4) is 0 Å². The lowest BCUT2D eigenvalue weighted by Crippen LogP contribution is -2.12. The summed E-state index contributed by atoms with van der Waals surface area (Å²) in [6.07, 6.45) is 0.828. The molecule has 114 valence electrons. The van der Waals surface area contributed by atoms with Gasteiger partial charge in [-0.05, 0) is 30.3 Å². The van der Waals surface area contributed by atoms with Crippen LogP contribution in [0.1, 0.15) is 16.8 Å². The molecule has 0 unspecified atom stereocenters. The Hall–Kier alpha value is -1.91. The van der Waals surface area contributed by atoms with Crippen molar-refractivity contribution in [2.75, 3.05) is 18.5 Å². The first-order valence-corrected chi connectivity index (χ1v) is 7.55. The highest BCUT2D eigenvalue weighted by atomic mass is 35.5. The maximum absolute atomic E-state index is 12.3. The average Bonchev–Trinajstić information content (AvgIpc) is 2.74. The molecular weight excluding hydrogens is 325 g/mol. The number of ether oxygens (including phenoxy) is 2. The number of rotatable bonds is 2. The van der Waals surface area contributed by atoms with Crippen LogP contribution in [-0.2, 0) is 0 Å². The molecule has 1 aliphatic heterocycles. The van der Waals surface area contributed by atoms with Crippen molar-refractivity contribution in [2.45, 2.75) is 6.42 Å².